The molecule has 15 nitrogen and oxygen atoms in total. The maximum Gasteiger partial charge on any atom is 0.324 e. The number of pyridine rings is 1. The van der Waals surface area contributed by atoms with Gasteiger partial charge in [0.2, 0.25) is 0 Å². The van der Waals surface area contributed by atoms with Gasteiger partial charge in [0.1, 0.15) is 12.1 Å². The molecular formula is C43H56N8O7S. The molecule has 2 amide bonds. The Morgan fingerprint density at radius 1 is 1.14 bits per heavy atom. The van der Waals surface area contributed by atoms with Crippen molar-refractivity contribution in [2.75, 3.05) is 71.6 Å². The Labute approximate surface area is 349 Å². The van der Waals surface area contributed by atoms with E-state index in [9.17, 15) is 19.5 Å². The number of ether oxygens (including phenoxy) is 3. The number of aromatic nitrogens is 3. The first-order valence-corrected chi connectivity index (χ1v) is 21.6. The van der Waals surface area contributed by atoms with Crippen LogP contribution in [0.3, 0.4) is 0 Å². The Balaban J connectivity index is 1.26. The van der Waals surface area contributed by atoms with Crippen LogP contribution in [0.15, 0.2) is 35.8 Å². The van der Waals surface area contributed by atoms with Gasteiger partial charge < -0.3 is 39.0 Å². The number of aryl methyl sites for hydroxylation is 1. The number of rotatable bonds is 7. The monoisotopic (exact) mass is 828 g/mol. The summed E-state index contributed by atoms with van der Waals surface area (Å²) in [5.41, 5.74) is 8.74. The molecule has 16 heteroatoms. The molecule has 6 bridgehead atoms. The Hall–Kier alpha value is -4.45. The summed E-state index contributed by atoms with van der Waals surface area (Å²) in [6.07, 6.45) is 3.43. The van der Waals surface area contributed by atoms with Gasteiger partial charge in [0.05, 0.1) is 59.9 Å². The first-order valence-electron chi connectivity index (χ1n) is 20.7. The standard InChI is InChI=1S/C43H56N8O7S/c1-7-50-35-11-10-27-17-29(35)31(38(50)30-18-28(21-44-37(30)26(2)56-6)49-15-13-48(5)14-16-49)20-42(3,4)23-58-40(53)32-9-8-12-51(47-32)39(52)33(19-36-45-34(27)22-59-36)46-41(54)43(55)24-57-25-43/h10-11,17-18,21-22,26,32-33,47,55H,7-9,12-16,19-20,23-25H2,1-6H3,(H,46,54)/t26-,32-,33-/m0/s1. The van der Waals surface area contributed by atoms with Crippen molar-refractivity contribution in [2.24, 2.45) is 5.41 Å². The Morgan fingerprint density at radius 3 is 2.63 bits per heavy atom. The summed E-state index contributed by atoms with van der Waals surface area (Å²) in [4.78, 5) is 56.0. The summed E-state index contributed by atoms with van der Waals surface area (Å²) >= 11 is 1.41. The fourth-order valence-corrected chi connectivity index (χ4v) is 9.41. The van der Waals surface area contributed by atoms with E-state index in [0.29, 0.717) is 37.4 Å². The van der Waals surface area contributed by atoms with Crippen molar-refractivity contribution < 1.29 is 33.7 Å². The number of methoxy groups -OCH3 is 1. The minimum absolute atomic E-state index is 0.0919. The zero-order chi connectivity index (χ0) is 41.6. The highest BCUT2D eigenvalue weighted by molar-refractivity contribution is 7.10. The molecule has 7 heterocycles. The maximum absolute atomic E-state index is 14.1. The highest BCUT2D eigenvalue weighted by Crippen LogP contribution is 2.43. The lowest BCUT2D eigenvalue weighted by atomic mass is 9.84. The van der Waals surface area contributed by atoms with Crippen molar-refractivity contribution in [3.05, 3.63) is 52.1 Å². The third kappa shape index (κ3) is 8.22. The molecule has 0 aliphatic carbocycles. The van der Waals surface area contributed by atoms with E-state index in [1.807, 2.05) is 18.5 Å². The van der Waals surface area contributed by atoms with Crippen molar-refractivity contribution in [1.29, 1.82) is 0 Å². The van der Waals surface area contributed by atoms with Gasteiger partial charge in [0.15, 0.2) is 5.60 Å². The molecule has 3 N–H and O–H groups in total. The van der Waals surface area contributed by atoms with Crippen LogP contribution in [0.4, 0.5) is 5.69 Å². The number of benzene rings is 1. The molecule has 0 saturated carbocycles. The molecule has 3 fully saturated rings. The number of hydrogen-bond acceptors (Lipinski definition) is 13. The molecular weight excluding hydrogens is 773 g/mol. The van der Waals surface area contributed by atoms with Crippen LogP contribution in [-0.4, -0.2) is 132 Å². The van der Waals surface area contributed by atoms with E-state index in [4.69, 9.17) is 24.2 Å². The number of anilines is 1. The number of aliphatic hydroxyl groups is 1. The second kappa shape index (κ2) is 16.5. The SMILES string of the molecule is CCn1c(-c2cc(N3CCN(C)CC3)cnc2[C@H](C)OC)c2c3cc(ccc31)-c1csc(n1)C[C@H](NC(=O)C1(O)COC1)C(=O)N1CCC[C@H](N1)C(=O)OCC(C)(C)C2. The molecule has 4 aromatic rings. The Bertz CT molecular complexity index is 2230. The van der Waals surface area contributed by atoms with Crippen LogP contribution in [0, 0.1) is 5.41 Å². The lowest BCUT2D eigenvalue weighted by molar-refractivity contribution is -0.191. The maximum atomic E-state index is 14.1. The number of nitrogens with one attached hydrogen (secondary N) is 2. The molecule has 3 atom stereocenters. The van der Waals surface area contributed by atoms with Crippen molar-refractivity contribution in [3.63, 3.8) is 0 Å². The molecule has 4 aliphatic rings. The number of thiazole rings is 1. The van der Waals surface area contributed by atoms with Gasteiger partial charge in [-0.15, -0.1) is 11.3 Å². The van der Waals surface area contributed by atoms with Crippen molar-refractivity contribution >= 4 is 45.7 Å². The van der Waals surface area contributed by atoms with E-state index in [1.165, 1.54) is 16.3 Å². The largest absolute Gasteiger partial charge is 0.464 e. The minimum Gasteiger partial charge on any atom is -0.464 e. The topological polar surface area (TPSA) is 164 Å². The van der Waals surface area contributed by atoms with Crippen LogP contribution in [-0.2, 0) is 48.0 Å². The van der Waals surface area contributed by atoms with Crippen molar-refractivity contribution in [1.82, 2.24) is 35.2 Å². The Kier molecular flexibility index (Phi) is 11.6. The van der Waals surface area contributed by atoms with E-state index in [1.54, 1.807) is 7.11 Å². The lowest BCUT2D eigenvalue weighted by Crippen LogP contribution is -2.65. The van der Waals surface area contributed by atoms with Crippen LogP contribution in [0.1, 0.15) is 62.9 Å². The highest BCUT2D eigenvalue weighted by atomic mass is 32.1. The average Bonchev–Trinajstić information content (AvgIpc) is 3.82. The number of esters is 1. The summed E-state index contributed by atoms with van der Waals surface area (Å²) in [7, 11) is 3.87. The zero-order valence-corrected chi connectivity index (χ0v) is 35.7. The molecule has 3 saturated heterocycles. The predicted octanol–water partition coefficient (Wildman–Crippen LogP) is 3.72. The molecule has 316 valence electrons. The summed E-state index contributed by atoms with van der Waals surface area (Å²) in [6, 6.07) is 6.89. The minimum atomic E-state index is -1.71. The molecule has 8 rings (SSSR count). The van der Waals surface area contributed by atoms with Gasteiger partial charge in [-0.1, -0.05) is 19.9 Å². The summed E-state index contributed by atoms with van der Waals surface area (Å²) in [5, 5.41) is 18.6. The smallest absolute Gasteiger partial charge is 0.324 e. The van der Waals surface area contributed by atoms with Crippen molar-refractivity contribution in [3.8, 4) is 22.5 Å². The molecule has 1 aromatic carbocycles. The second-order valence-electron chi connectivity index (χ2n) is 17.2. The molecule has 0 radical (unpaired) electrons. The first-order chi connectivity index (χ1) is 28.3. The molecule has 0 unspecified atom stereocenters. The van der Waals surface area contributed by atoms with Crippen LogP contribution < -0.4 is 15.6 Å². The van der Waals surface area contributed by atoms with Crippen LogP contribution >= 0.6 is 11.3 Å². The second-order valence-corrected chi connectivity index (χ2v) is 18.2. The number of hydrazine groups is 1. The molecule has 4 aliphatic heterocycles. The van der Waals surface area contributed by atoms with E-state index in [0.717, 1.165) is 76.5 Å². The number of carbonyl (C=O) groups excluding carboxylic acids is 3. The number of fused-ring (bicyclic) bond motifs is 6. The number of piperazine rings is 1. The number of nitrogens with zero attached hydrogens (tertiary/aromatic N) is 6. The number of carbonyl (C=O) groups is 3. The summed E-state index contributed by atoms with van der Waals surface area (Å²) in [5.74, 6) is -1.55. The highest BCUT2D eigenvalue weighted by Gasteiger charge is 2.46. The number of cyclic esters (lactones) is 1. The third-order valence-corrected chi connectivity index (χ3v) is 13.1. The third-order valence-electron chi connectivity index (χ3n) is 12.2. The van der Waals surface area contributed by atoms with E-state index in [-0.39, 0.29) is 32.3 Å². The van der Waals surface area contributed by atoms with E-state index in [2.05, 4.69) is 77.2 Å². The lowest BCUT2D eigenvalue weighted by Gasteiger charge is -2.38. The predicted molar refractivity (Wildman–Crippen MR) is 225 cm³/mol. The number of likely N-dealkylation sites (N-methyl/N-ethyl adjacent to an activating group) is 1. The van der Waals surface area contributed by atoms with Crippen LogP contribution in [0.25, 0.3) is 33.4 Å². The quantitative estimate of drug-likeness (QED) is 0.232. The van der Waals surface area contributed by atoms with Crippen LogP contribution in [0.2, 0.25) is 0 Å². The van der Waals surface area contributed by atoms with Gasteiger partial charge >= 0.3 is 5.97 Å². The number of hydrogen-bond donors (Lipinski definition) is 3. The molecule has 0 spiro atoms. The van der Waals surface area contributed by atoms with Gasteiger partial charge in [0.25, 0.3) is 11.8 Å². The van der Waals surface area contributed by atoms with Gasteiger partial charge in [-0.25, -0.2) is 10.4 Å². The van der Waals surface area contributed by atoms with E-state index < -0.39 is 40.9 Å². The number of amides is 2. The first kappa shape index (κ1) is 41.3. The zero-order valence-electron chi connectivity index (χ0n) is 34.9. The Morgan fingerprint density at radius 2 is 1.92 bits per heavy atom. The van der Waals surface area contributed by atoms with Crippen molar-refractivity contribution in [2.45, 2.75) is 83.7 Å². The van der Waals surface area contributed by atoms with E-state index >= 15 is 0 Å². The van der Waals surface area contributed by atoms with Gasteiger partial charge in [0, 0.05) is 85.6 Å². The normalized spacial score (nSPS) is 23.0. The fraction of sp³-hybridized carbons (Fsp3) is 0.558. The van der Waals surface area contributed by atoms with Gasteiger partial charge in [-0.05, 0) is 63.9 Å². The van der Waals surface area contributed by atoms with Gasteiger partial charge in [-0.2, -0.15) is 0 Å². The summed E-state index contributed by atoms with van der Waals surface area (Å²) in [6.45, 7) is 13.1. The summed E-state index contributed by atoms with van der Waals surface area (Å²) < 4.78 is 19.5. The molecule has 59 heavy (non-hydrogen) atoms. The van der Waals surface area contributed by atoms with Gasteiger partial charge in [-0.3, -0.25) is 24.4 Å². The van der Waals surface area contributed by atoms with Crippen LogP contribution in [0.5, 0.6) is 0 Å². The average molecular weight is 829 g/mol. The molecule has 3 aromatic heterocycles. The fourth-order valence-electron chi connectivity index (χ4n) is 8.56.